The molecule has 1 atom stereocenters. The Bertz CT molecular complexity index is 273. The molecule has 1 aromatic carbocycles. The lowest BCUT2D eigenvalue weighted by atomic mass is 10.1. The van der Waals surface area contributed by atoms with Crippen molar-refractivity contribution in [3.63, 3.8) is 0 Å². The van der Waals surface area contributed by atoms with E-state index in [1.165, 1.54) is 9.13 Å². The number of hydrogen-bond donors (Lipinski definition) is 2. The van der Waals surface area contributed by atoms with Crippen LogP contribution in [0.25, 0.3) is 0 Å². The lowest BCUT2D eigenvalue weighted by Crippen LogP contribution is -2.21. The van der Waals surface area contributed by atoms with Crippen LogP contribution < -0.4 is 11.5 Å². The van der Waals surface area contributed by atoms with Crippen molar-refractivity contribution in [2.45, 2.75) is 13.0 Å². The van der Waals surface area contributed by atoms with Crippen LogP contribution in [0.2, 0.25) is 0 Å². The Labute approximate surface area is 86.5 Å². The van der Waals surface area contributed by atoms with Crippen LogP contribution in [-0.4, -0.2) is 6.54 Å². The molecule has 0 amide bonds. The van der Waals surface area contributed by atoms with Gasteiger partial charge in [-0.2, -0.15) is 0 Å². The molecule has 0 heterocycles. The number of benzene rings is 1. The molecule has 0 saturated heterocycles. The van der Waals surface area contributed by atoms with Gasteiger partial charge in [0.1, 0.15) is 0 Å². The summed E-state index contributed by atoms with van der Waals surface area (Å²) in [7, 11) is 0. The Morgan fingerprint density at radius 3 is 2.75 bits per heavy atom. The van der Waals surface area contributed by atoms with Crippen LogP contribution in [0, 0.1) is 10.5 Å². The number of aryl methyl sites for hydroxylation is 1. The second kappa shape index (κ2) is 4.20. The minimum absolute atomic E-state index is 0.0307. The third-order valence-electron chi connectivity index (χ3n) is 1.80. The van der Waals surface area contributed by atoms with Crippen LogP contribution in [-0.2, 0) is 0 Å². The van der Waals surface area contributed by atoms with Gasteiger partial charge in [0.25, 0.3) is 0 Å². The standard InChI is InChI=1S/C9H13IN2/c1-6-2-3-8(10)7(4-6)9(12)5-11/h2-4,9H,5,11-12H2,1H3/t9-/m0/s1. The monoisotopic (exact) mass is 276 g/mol. The normalized spacial score (nSPS) is 13.0. The third-order valence-corrected chi connectivity index (χ3v) is 2.79. The van der Waals surface area contributed by atoms with Gasteiger partial charge >= 0.3 is 0 Å². The summed E-state index contributed by atoms with van der Waals surface area (Å²) in [5.74, 6) is 0. The quantitative estimate of drug-likeness (QED) is 0.805. The molecular formula is C9H13IN2. The van der Waals surface area contributed by atoms with Crippen molar-refractivity contribution in [2.75, 3.05) is 6.54 Å². The van der Waals surface area contributed by atoms with Crippen molar-refractivity contribution in [3.8, 4) is 0 Å². The topological polar surface area (TPSA) is 52.0 Å². The molecule has 0 spiro atoms. The lowest BCUT2D eigenvalue weighted by molar-refractivity contribution is 0.732. The summed E-state index contributed by atoms with van der Waals surface area (Å²) in [5, 5.41) is 0. The first kappa shape index (κ1) is 9.95. The fourth-order valence-corrected chi connectivity index (χ4v) is 1.81. The average molecular weight is 276 g/mol. The molecule has 0 aromatic heterocycles. The van der Waals surface area contributed by atoms with Gasteiger partial charge in [0.05, 0.1) is 0 Å². The van der Waals surface area contributed by atoms with Gasteiger partial charge in [0, 0.05) is 16.2 Å². The minimum atomic E-state index is -0.0307. The van der Waals surface area contributed by atoms with E-state index in [-0.39, 0.29) is 6.04 Å². The molecule has 66 valence electrons. The molecular weight excluding hydrogens is 263 g/mol. The molecule has 0 radical (unpaired) electrons. The molecule has 4 N–H and O–H groups in total. The maximum atomic E-state index is 5.83. The van der Waals surface area contributed by atoms with Gasteiger partial charge in [0.15, 0.2) is 0 Å². The van der Waals surface area contributed by atoms with E-state index in [4.69, 9.17) is 11.5 Å². The van der Waals surface area contributed by atoms with E-state index in [0.29, 0.717) is 6.54 Å². The van der Waals surface area contributed by atoms with Gasteiger partial charge in [0.2, 0.25) is 0 Å². The van der Waals surface area contributed by atoms with Gasteiger partial charge < -0.3 is 11.5 Å². The van der Waals surface area contributed by atoms with Crippen molar-refractivity contribution in [1.82, 2.24) is 0 Å². The van der Waals surface area contributed by atoms with Crippen LogP contribution in [0.15, 0.2) is 18.2 Å². The molecule has 0 aliphatic rings. The van der Waals surface area contributed by atoms with E-state index < -0.39 is 0 Å². The Hall–Kier alpha value is -0.130. The Morgan fingerprint density at radius 2 is 2.17 bits per heavy atom. The SMILES string of the molecule is Cc1ccc(I)c([C@@H](N)CN)c1. The van der Waals surface area contributed by atoms with Gasteiger partial charge in [-0.05, 0) is 41.1 Å². The molecule has 3 heteroatoms. The molecule has 0 bridgehead atoms. The number of rotatable bonds is 2. The molecule has 0 unspecified atom stereocenters. The average Bonchev–Trinajstić information content (AvgIpc) is 2.08. The first-order valence-electron chi connectivity index (χ1n) is 3.87. The minimum Gasteiger partial charge on any atom is -0.329 e. The first-order chi connectivity index (χ1) is 5.65. The van der Waals surface area contributed by atoms with Crippen molar-refractivity contribution in [2.24, 2.45) is 11.5 Å². The summed E-state index contributed by atoms with van der Waals surface area (Å²) in [6.45, 7) is 2.56. The van der Waals surface area contributed by atoms with E-state index in [2.05, 4.69) is 47.7 Å². The lowest BCUT2D eigenvalue weighted by Gasteiger charge is -2.11. The largest absolute Gasteiger partial charge is 0.329 e. The fourth-order valence-electron chi connectivity index (χ4n) is 1.07. The van der Waals surface area contributed by atoms with Crippen LogP contribution in [0.5, 0.6) is 0 Å². The van der Waals surface area contributed by atoms with Crippen molar-refractivity contribution < 1.29 is 0 Å². The number of hydrogen-bond acceptors (Lipinski definition) is 2. The van der Waals surface area contributed by atoms with Crippen LogP contribution >= 0.6 is 22.6 Å². The Morgan fingerprint density at radius 1 is 1.50 bits per heavy atom. The van der Waals surface area contributed by atoms with Crippen molar-refractivity contribution in [3.05, 3.63) is 32.9 Å². The van der Waals surface area contributed by atoms with Crippen LogP contribution in [0.4, 0.5) is 0 Å². The molecule has 1 aromatic rings. The maximum absolute atomic E-state index is 5.83. The molecule has 0 aliphatic carbocycles. The fraction of sp³-hybridized carbons (Fsp3) is 0.333. The highest BCUT2D eigenvalue weighted by Gasteiger charge is 2.07. The van der Waals surface area contributed by atoms with Gasteiger partial charge in [-0.3, -0.25) is 0 Å². The number of halogens is 1. The zero-order valence-electron chi connectivity index (χ0n) is 7.05. The predicted molar refractivity (Wildman–Crippen MR) is 59.9 cm³/mol. The second-order valence-corrected chi connectivity index (χ2v) is 4.03. The van der Waals surface area contributed by atoms with E-state index in [1.54, 1.807) is 0 Å². The van der Waals surface area contributed by atoms with E-state index >= 15 is 0 Å². The van der Waals surface area contributed by atoms with E-state index in [9.17, 15) is 0 Å². The molecule has 1 rings (SSSR count). The van der Waals surface area contributed by atoms with Crippen LogP contribution in [0.1, 0.15) is 17.2 Å². The Balaban J connectivity index is 3.04. The highest BCUT2D eigenvalue weighted by molar-refractivity contribution is 14.1. The van der Waals surface area contributed by atoms with E-state index in [0.717, 1.165) is 5.56 Å². The number of nitrogens with two attached hydrogens (primary N) is 2. The van der Waals surface area contributed by atoms with Crippen molar-refractivity contribution >= 4 is 22.6 Å². The molecule has 12 heavy (non-hydrogen) atoms. The second-order valence-electron chi connectivity index (χ2n) is 2.87. The molecule has 0 fully saturated rings. The van der Waals surface area contributed by atoms with Gasteiger partial charge in [-0.15, -0.1) is 0 Å². The molecule has 0 saturated carbocycles. The highest BCUT2D eigenvalue weighted by Crippen LogP contribution is 2.18. The summed E-state index contributed by atoms with van der Waals surface area (Å²) < 4.78 is 1.19. The predicted octanol–water partition coefficient (Wildman–Crippen LogP) is 1.56. The molecule has 2 nitrogen and oxygen atoms in total. The summed E-state index contributed by atoms with van der Waals surface area (Å²) in [5.41, 5.74) is 13.7. The van der Waals surface area contributed by atoms with Gasteiger partial charge in [-0.25, -0.2) is 0 Å². The third kappa shape index (κ3) is 2.18. The van der Waals surface area contributed by atoms with Gasteiger partial charge in [-0.1, -0.05) is 17.7 Å². The molecule has 0 aliphatic heterocycles. The van der Waals surface area contributed by atoms with E-state index in [1.807, 2.05) is 0 Å². The van der Waals surface area contributed by atoms with Crippen molar-refractivity contribution in [1.29, 1.82) is 0 Å². The summed E-state index contributed by atoms with van der Waals surface area (Å²) in [6.07, 6.45) is 0. The maximum Gasteiger partial charge on any atom is 0.0430 e. The van der Waals surface area contributed by atoms with Crippen LogP contribution in [0.3, 0.4) is 0 Å². The highest BCUT2D eigenvalue weighted by atomic mass is 127. The smallest absolute Gasteiger partial charge is 0.0430 e. The first-order valence-corrected chi connectivity index (χ1v) is 4.94. The summed E-state index contributed by atoms with van der Waals surface area (Å²) in [4.78, 5) is 0. The Kier molecular flexibility index (Phi) is 3.49. The summed E-state index contributed by atoms with van der Waals surface area (Å²) in [6, 6.07) is 6.21. The zero-order valence-corrected chi connectivity index (χ0v) is 9.21. The summed E-state index contributed by atoms with van der Waals surface area (Å²) >= 11 is 2.28. The zero-order chi connectivity index (χ0) is 9.14.